The van der Waals surface area contributed by atoms with Gasteiger partial charge in [-0.25, -0.2) is 4.79 Å². The summed E-state index contributed by atoms with van der Waals surface area (Å²) in [6, 6.07) is 8.46. The van der Waals surface area contributed by atoms with Crippen LogP contribution in [0.25, 0.3) is 11.3 Å². The Morgan fingerprint density at radius 2 is 1.77 bits per heavy atom. The third-order valence-electron chi connectivity index (χ3n) is 4.74. The molecule has 7 nitrogen and oxygen atoms in total. The fraction of sp³-hybridized carbons (Fsp3) is 0.455. The van der Waals surface area contributed by atoms with Crippen LogP contribution in [0, 0.1) is 0 Å². The number of nitrogens with zero attached hydrogens (tertiary/aromatic N) is 1. The second kappa shape index (κ2) is 10.7. The fourth-order valence-corrected chi connectivity index (χ4v) is 3.56. The molecule has 1 unspecified atom stereocenters. The molecule has 0 radical (unpaired) electrons. The van der Waals surface area contributed by atoms with Crippen LogP contribution in [-0.4, -0.2) is 52.9 Å². The number of amides is 1. The van der Waals surface area contributed by atoms with Crippen molar-refractivity contribution in [2.45, 2.75) is 50.9 Å². The third-order valence-corrected chi connectivity index (χ3v) is 4.74. The number of carbonyl (C=O) groups excluding carboxylic acids is 1. The Hall–Kier alpha value is -3.06. The summed E-state index contributed by atoms with van der Waals surface area (Å²) in [5.74, 6) is -2.18. The molecule has 0 saturated carbocycles. The number of benzene rings is 1. The van der Waals surface area contributed by atoms with Gasteiger partial charge in [-0.1, -0.05) is 12.1 Å². The predicted octanol–water partition coefficient (Wildman–Crippen LogP) is 4.45. The highest BCUT2D eigenvalue weighted by molar-refractivity contribution is 5.74. The highest BCUT2D eigenvalue weighted by Crippen LogP contribution is 2.33. The highest BCUT2D eigenvalue weighted by atomic mass is 19.4. The lowest BCUT2D eigenvalue weighted by Crippen LogP contribution is -2.53. The molecule has 1 aromatic carbocycles. The number of ether oxygens (including phenoxy) is 1. The number of rotatable bonds is 5. The number of nitrogens with two attached hydrogens (primary N) is 1. The summed E-state index contributed by atoms with van der Waals surface area (Å²) in [5.41, 5.74) is 4.49. The topological polar surface area (TPSA) is 106 Å². The molecule has 1 aliphatic rings. The number of carbonyl (C=O) groups is 2. The van der Waals surface area contributed by atoms with Crippen molar-refractivity contribution in [2.75, 3.05) is 13.1 Å². The van der Waals surface area contributed by atoms with Crippen LogP contribution < -0.4 is 5.73 Å². The van der Waals surface area contributed by atoms with Gasteiger partial charge < -0.3 is 20.0 Å². The molecule has 1 aromatic heterocycles. The number of carboxylic acids is 1. The molecule has 0 spiro atoms. The summed E-state index contributed by atoms with van der Waals surface area (Å²) in [5, 5.41) is 7.12. The van der Waals surface area contributed by atoms with Gasteiger partial charge in [0.05, 0.1) is 30.2 Å². The van der Waals surface area contributed by atoms with Crippen molar-refractivity contribution in [3.63, 3.8) is 0 Å². The van der Waals surface area contributed by atoms with Gasteiger partial charge in [0.25, 0.3) is 0 Å². The predicted molar refractivity (Wildman–Crippen MR) is 111 cm³/mol. The van der Waals surface area contributed by atoms with Crippen molar-refractivity contribution in [2.24, 2.45) is 5.73 Å². The first kappa shape index (κ1) is 28.2. The summed E-state index contributed by atoms with van der Waals surface area (Å²) >= 11 is 0. The monoisotopic (exact) mass is 510 g/mol. The van der Waals surface area contributed by atoms with Gasteiger partial charge in [0.1, 0.15) is 11.5 Å². The molecule has 1 saturated heterocycles. The van der Waals surface area contributed by atoms with Crippen LogP contribution >= 0.6 is 0 Å². The number of aliphatic carboxylic acids is 1. The maximum absolute atomic E-state index is 12.9. The smallest absolute Gasteiger partial charge is 0.475 e. The number of morpholine rings is 1. The van der Waals surface area contributed by atoms with Crippen molar-refractivity contribution in [3.8, 4) is 11.3 Å². The molecule has 0 bridgehead atoms. The molecule has 35 heavy (non-hydrogen) atoms. The van der Waals surface area contributed by atoms with Crippen LogP contribution in [-0.2, 0) is 27.0 Å². The number of hydrogen-bond acceptors (Lipinski definition) is 5. The Labute approximate surface area is 196 Å². The Morgan fingerprint density at radius 3 is 2.31 bits per heavy atom. The van der Waals surface area contributed by atoms with Crippen LogP contribution in [0.1, 0.15) is 31.6 Å². The number of halogens is 6. The quantitative estimate of drug-likeness (QED) is 0.576. The van der Waals surface area contributed by atoms with Crippen molar-refractivity contribution in [1.82, 2.24) is 4.90 Å². The van der Waals surface area contributed by atoms with Crippen LogP contribution in [0.4, 0.5) is 26.3 Å². The molecule has 13 heteroatoms. The molecule has 1 atom stereocenters. The molecule has 1 amide bonds. The van der Waals surface area contributed by atoms with Gasteiger partial charge in [0, 0.05) is 18.7 Å². The molecule has 2 aromatic rings. The first-order chi connectivity index (χ1) is 16.0. The van der Waals surface area contributed by atoms with Crippen LogP contribution in [0.2, 0.25) is 0 Å². The van der Waals surface area contributed by atoms with Gasteiger partial charge in [-0.3, -0.25) is 9.69 Å². The second-order valence-corrected chi connectivity index (χ2v) is 8.49. The summed E-state index contributed by atoms with van der Waals surface area (Å²) in [6.45, 7) is 5.47. The van der Waals surface area contributed by atoms with Gasteiger partial charge in [0.15, 0.2) is 0 Å². The van der Waals surface area contributed by atoms with E-state index in [-0.39, 0.29) is 12.5 Å². The molecule has 1 fully saturated rings. The molecule has 3 N–H and O–H groups in total. The lowest BCUT2D eigenvalue weighted by molar-refractivity contribution is -0.192. The van der Waals surface area contributed by atoms with E-state index in [9.17, 15) is 31.1 Å². The maximum Gasteiger partial charge on any atom is 0.490 e. The van der Waals surface area contributed by atoms with E-state index in [4.69, 9.17) is 24.8 Å². The minimum absolute atomic E-state index is 0.133. The molecular formula is C22H24F6N2O5. The van der Waals surface area contributed by atoms with Crippen molar-refractivity contribution < 1.29 is 50.2 Å². The maximum atomic E-state index is 12.9. The zero-order valence-corrected chi connectivity index (χ0v) is 18.7. The van der Waals surface area contributed by atoms with Gasteiger partial charge in [-0.2, -0.15) is 26.3 Å². The van der Waals surface area contributed by atoms with Crippen molar-refractivity contribution in [1.29, 1.82) is 0 Å². The van der Waals surface area contributed by atoms with E-state index < -0.39 is 35.4 Å². The van der Waals surface area contributed by atoms with Crippen LogP contribution in [0.5, 0.6) is 0 Å². The molecule has 2 heterocycles. The Bertz CT molecular complexity index is 1030. The zero-order valence-electron chi connectivity index (χ0n) is 18.7. The van der Waals surface area contributed by atoms with Crippen molar-refractivity contribution in [3.05, 3.63) is 47.7 Å². The summed E-state index contributed by atoms with van der Waals surface area (Å²) in [7, 11) is 0. The Balaban J connectivity index is 0.000000540. The molecule has 3 rings (SSSR count). The lowest BCUT2D eigenvalue weighted by atomic mass is 10.0. The SMILES string of the molecule is CC1(C)CN(Cc2ccc(-c3cccc(C(F)(F)F)c3)o2)CC(CC(N)=O)O1.O=C(O)C(F)(F)F. The van der Waals surface area contributed by atoms with Crippen LogP contribution in [0.3, 0.4) is 0 Å². The summed E-state index contributed by atoms with van der Waals surface area (Å²) in [4.78, 5) is 22.2. The van der Waals surface area contributed by atoms with E-state index >= 15 is 0 Å². The van der Waals surface area contributed by atoms with Crippen molar-refractivity contribution >= 4 is 11.9 Å². The fourth-order valence-electron chi connectivity index (χ4n) is 3.56. The average molecular weight is 510 g/mol. The largest absolute Gasteiger partial charge is 0.490 e. The van der Waals surface area contributed by atoms with Crippen LogP contribution in [0.15, 0.2) is 40.8 Å². The van der Waals surface area contributed by atoms with Gasteiger partial charge in [-0.15, -0.1) is 0 Å². The minimum atomic E-state index is -5.08. The Kier molecular flexibility index (Phi) is 8.61. The number of carboxylic acid groups (broad SMARTS) is 1. The normalized spacial score (nSPS) is 18.5. The van der Waals surface area contributed by atoms with E-state index in [0.29, 0.717) is 36.7 Å². The number of hydrogen-bond donors (Lipinski definition) is 2. The Morgan fingerprint density at radius 1 is 1.14 bits per heavy atom. The first-order valence-electron chi connectivity index (χ1n) is 10.2. The van der Waals surface area contributed by atoms with E-state index in [1.54, 1.807) is 18.2 Å². The molecule has 194 valence electrons. The van der Waals surface area contributed by atoms with Gasteiger partial charge in [-0.05, 0) is 38.1 Å². The standard InChI is InChI=1S/C20H23F3N2O3.C2HF3O2/c1-19(2)12-25(11-16(28-19)9-18(24)26)10-15-6-7-17(27-15)13-4-3-5-14(8-13)20(21,22)23;3-2(4,5)1(6)7/h3-8,16H,9-12H2,1-2H3,(H2,24,26);(H,6,7). The number of primary amides is 1. The minimum Gasteiger partial charge on any atom is -0.475 e. The summed E-state index contributed by atoms with van der Waals surface area (Å²) < 4.78 is 82.2. The third kappa shape index (κ3) is 8.91. The molecular weight excluding hydrogens is 486 g/mol. The second-order valence-electron chi connectivity index (χ2n) is 8.49. The molecule has 0 aliphatic carbocycles. The van der Waals surface area contributed by atoms with E-state index in [1.165, 1.54) is 6.07 Å². The summed E-state index contributed by atoms with van der Waals surface area (Å²) in [6.07, 6.45) is -9.66. The van der Waals surface area contributed by atoms with E-state index in [2.05, 4.69) is 4.90 Å². The highest BCUT2D eigenvalue weighted by Gasteiger charge is 2.38. The van der Waals surface area contributed by atoms with Gasteiger partial charge >= 0.3 is 18.3 Å². The number of furan rings is 1. The lowest BCUT2D eigenvalue weighted by Gasteiger charge is -2.42. The zero-order chi connectivity index (χ0) is 26.6. The number of alkyl halides is 6. The van der Waals surface area contributed by atoms with E-state index in [0.717, 1.165) is 12.1 Å². The molecule has 1 aliphatic heterocycles. The average Bonchev–Trinajstić information content (AvgIpc) is 3.13. The van der Waals surface area contributed by atoms with Gasteiger partial charge in [0.2, 0.25) is 5.91 Å². The van der Waals surface area contributed by atoms with E-state index in [1.807, 2.05) is 13.8 Å². The first-order valence-corrected chi connectivity index (χ1v) is 10.2.